The first-order valence-corrected chi connectivity index (χ1v) is 16.1. The quantitative estimate of drug-likeness (QED) is 0.186. The lowest BCUT2D eigenvalue weighted by Gasteiger charge is -2.17. The Morgan fingerprint density at radius 3 is 1.91 bits per heavy atom. The van der Waals surface area contributed by atoms with Crippen LogP contribution in [0.2, 0.25) is 0 Å². The van der Waals surface area contributed by atoms with Gasteiger partial charge in [-0.3, -0.25) is 4.57 Å². The van der Waals surface area contributed by atoms with Crippen LogP contribution in [-0.2, 0) is 0 Å². The topological polar surface area (TPSA) is 30.7 Å². The third kappa shape index (κ3) is 3.25. The second-order valence-corrected chi connectivity index (χ2v) is 12.5. The molecule has 1 aliphatic carbocycles. The van der Waals surface area contributed by atoms with Crippen LogP contribution in [-0.4, -0.2) is 14.5 Å². The monoisotopic (exact) mass is 595 g/mol. The molecule has 0 saturated carbocycles. The molecule has 1 aliphatic rings. The van der Waals surface area contributed by atoms with Gasteiger partial charge in [0.2, 0.25) is 5.95 Å². The van der Waals surface area contributed by atoms with E-state index in [-0.39, 0.29) is 0 Å². The lowest BCUT2D eigenvalue weighted by molar-refractivity contribution is 1.02. The molecule has 0 spiro atoms. The lowest BCUT2D eigenvalue weighted by atomic mass is 9.88. The molecule has 0 fully saturated rings. The minimum absolute atomic E-state index is 0.681. The van der Waals surface area contributed by atoms with E-state index in [4.69, 9.17) is 9.97 Å². The van der Waals surface area contributed by atoms with E-state index in [1.807, 2.05) is 0 Å². The maximum atomic E-state index is 5.42. The number of benzene rings is 8. The molecular formula is C44H25N3. The predicted molar refractivity (Wildman–Crippen MR) is 196 cm³/mol. The first-order chi connectivity index (χ1) is 23.3. The van der Waals surface area contributed by atoms with Crippen molar-refractivity contribution in [3.63, 3.8) is 0 Å². The van der Waals surface area contributed by atoms with Crippen LogP contribution < -0.4 is 0 Å². The smallest absolute Gasteiger partial charge is 0.235 e. The molecule has 0 aliphatic heterocycles. The largest absolute Gasteiger partial charge is 0.277 e. The summed E-state index contributed by atoms with van der Waals surface area (Å²) in [6.45, 7) is 0. The van der Waals surface area contributed by atoms with Gasteiger partial charge >= 0.3 is 0 Å². The van der Waals surface area contributed by atoms with Crippen molar-refractivity contribution < 1.29 is 0 Å². The highest BCUT2D eigenvalue weighted by Gasteiger charge is 2.28. The van der Waals surface area contributed by atoms with E-state index < -0.39 is 0 Å². The van der Waals surface area contributed by atoms with Crippen molar-refractivity contribution in [1.29, 1.82) is 0 Å². The number of nitrogens with zero attached hydrogens (tertiary/aromatic N) is 3. The van der Waals surface area contributed by atoms with Crippen LogP contribution in [0.15, 0.2) is 152 Å². The van der Waals surface area contributed by atoms with Crippen LogP contribution in [0.1, 0.15) is 0 Å². The molecule has 47 heavy (non-hydrogen) atoms. The van der Waals surface area contributed by atoms with Crippen molar-refractivity contribution in [3.05, 3.63) is 152 Å². The molecule has 11 rings (SSSR count). The molecule has 2 heterocycles. The van der Waals surface area contributed by atoms with Crippen LogP contribution >= 0.6 is 0 Å². The molecule has 0 atom stereocenters. The number of rotatable bonds is 2. The minimum atomic E-state index is 0.681. The molecule has 0 bridgehead atoms. The van der Waals surface area contributed by atoms with Crippen LogP contribution in [0, 0.1) is 0 Å². The van der Waals surface area contributed by atoms with E-state index in [1.54, 1.807) is 0 Å². The van der Waals surface area contributed by atoms with Crippen LogP contribution in [0.3, 0.4) is 0 Å². The van der Waals surface area contributed by atoms with Crippen LogP contribution in [0.25, 0.3) is 104 Å². The predicted octanol–water partition coefficient (Wildman–Crippen LogP) is 11.5. The van der Waals surface area contributed by atoms with Crippen molar-refractivity contribution in [2.75, 3.05) is 0 Å². The number of hydrogen-bond donors (Lipinski definition) is 0. The Labute approximate surface area is 270 Å². The van der Waals surface area contributed by atoms with Gasteiger partial charge in [0, 0.05) is 32.5 Å². The Morgan fingerprint density at radius 1 is 0.404 bits per heavy atom. The van der Waals surface area contributed by atoms with Crippen molar-refractivity contribution >= 4 is 65.0 Å². The zero-order chi connectivity index (χ0) is 30.6. The zero-order valence-electron chi connectivity index (χ0n) is 25.3. The summed E-state index contributed by atoms with van der Waals surface area (Å²) in [4.78, 5) is 10.7. The first kappa shape index (κ1) is 24.9. The van der Waals surface area contributed by atoms with Gasteiger partial charge in [-0.15, -0.1) is 0 Å². The highest BCUT2D eigenvalue weighted by molar-refractivity contribution is 6.41. The molecule has 0 N–H and O–H groups in total. The summed E-state index contributed by atoms with van der Waals surface area (Å²) < 4.78 is 2.34. The van der Waals surface area contributed by atoms with Gasteiger partial charge in [-0.2, -0.15) is 0 Å². The number of hydrogen-bond acceptors (Lipinski definition) is 2. The lowest BCUT2D eigenvalue weighted by Crippen LogP contribution is -2.04. The Bertz CT molecular complexity index is 2950. The van der Waals surface area contributed by atoms with Crippen molar-refractivity contribution in [1.82, 2.24) is 14.5 Å². The van der Waals surface area contributed by atoms with Gasteiger partial charge in [-0.25, -0.2) is 9.97 Å². The van der Waals surface area contributed by atoms with Gasteiger partial charge in [-0.05, 0) is 62.0 Å². The van der Waals surface area contributed by atoms with E-state index in [9.17, 15) is 0 Å². The summed E-state index contributed by atoms with van der Waals surface area (Å²) in [5.74, 6) is 0.681. The first-order valence-electron chi connectivity index (χ1n) is 16.1. The molecule has 0 radical (unpaired) electrons. The molecule has 0 saturated heterocycles. The fourth-order valence-corrected chi connectivity index (χ4v) is 8.21. The van der Waals surface area contributed by atoms with Crippen LogP contribution in [0.5, 0.6) is 0 Å². The third-order valence-electron chi connectivity index (χ3n) is 10.1. The number of aromatic nitrogens is 3. The molecule has 216 valence electrons. The molecular weight excluding hydrogens is 571 g/mol. The molecule has 3 nitrogen and oxygen atoms in total. The zero-order valence-corrected chi connectivity index (χ0v) is 25.3. The summed E-state index contributed by atoms with van der Waals surface area (Å²) >= 11 is 0. The van der Waals surface area contributed by atoms with E-state index in [0.717, 1.165) is 33.2 Å². The fourth-order valence-electron chi connectivity index (χ4n) is 8.21. The average Bonchev–Trinajstić information content (AvgIpc) is 3.44. The Balaban J connectivity index is 1.44. The summed E-state index contributed by atoms with van der Waals surface area (Å²) in [6.07, 6.45) is 0. The van der Waals surface area contributed by atoms with Crippen LogP contribution in [0.4, 0.5) is 0 Å². The summed E-state index contributed by atoms with van der Waals surface area (Å²) in [6, 6.07) is 54.6. The van der Waals surface area contributed by atoms with E-state index in [1.165, 1.54) is 65.3 Å². The Kier molecular flexibility index (Phi) is 4.84. The minimum Gasteiger partial charge on any atom is -0.277 e. The van der Waals surface area contributed by atoms with Gasteiger partial charge < -0.3 is 0 Å². The van der Waals surface area contributed by atoms with Gasteiger partial charge in [0.05, 0.1) is 22.2 Å². The molecule has 8 aromatic carbocycles. The standard InChI is InChI=1S/C44H25N3/c1-2-13-26(14-3-1)42-34-21-10-11-23-36(34)45-44(46-42)47-37-24-12-22-31-29-17-6-7-18-30(29)35-25-27-15-4-5-16-28(27)38-32-19-8-9-20-33(32)43(47)41(39(31)37)40(35)38/h1-25H. The third-order valence-corrected chi connectivity index (χ3v) is 10.1. The number of fused-ring (bicyclic) bond motifs is 9. The second kappa shape index (κ2) is 9.12. The second-order valence-electron chi connectivity index (χ2n) is 12.5. The van der Waals surface area contributed by atoms with Gasteiger partial charge in [0.15, 0.2) is 0 Å². The van der Waals surface area contributed by atoms with E-state index >= 15 is 0 Å². The summed E-state index contributed by atoms with van der Waals surface area (Å²) in [5, 5.41) is 11.1. The Hall–Kier alpha value is -6.32. The maximum Gasteiger partial charge on any atom is 0.235 e. The van der Waals surface area contributed by atoms with Crippen molar-refractivity contribution in [3.8, 4) is 39.5 Å². The molecule has 2 aromatic heterocycles. The van der Waals surface area contributed by atoms with Gasteiger partial charge in [-0.1, -0.05) is 133 Å². The molecule has 3 heteroatoms. The molecule has 0 unspecified atom stereocenters. The van der Waals surface area contributed by atoms with E-state index in [2.05, 4.69) is 156 Å². The van der Waals surface area contributed by atoms with Crippen molar-refractivity contribution in [2.45, 2.75) is 0 Å². The molecule has 10 aromatic rings. The highest BCUT2D eigenvalue weighted by atomic mass is 15.2. The van der Waals surface area contributed by atoms with Crippen molar-refractivity contribution in [2.24, 2.45) is 0 Å². The number of para-hydroxylation sites is 1. The normalized spacial score (nSPS) is 12.3. The fraction of sp³-hybridized carbons (Fsp3) is 0. The SMILES string of the molecule is c1ccc(-c2nc(-n3c4cccc5c4c4c6c(cc7ccccc7c6c6ccccc6c43)-c3ccccc3-5)nc3ccccc23)cc1. The Morgan fingerprint density at radius 2 is 1.06 bits per heavy atom. The summed E-state index contributed by atoms with van der Waals surface area (Å²) in [7, 11) is 0. The van der Waals surface area contributed by atoms with E-state index in [0.29, 0.717) is 5.95 Å². The van der Waals surface area contributed by atoms with Gasteiger partial charge in [0.25, 0.3) is 0 Å². The molecule has 0 amide bonds. The maximum absolute atomic E-state index is 5.42. The summed E-state index contributed by atoms with van der Waals surface area (Å²) in [5.41, 5.74) is 10.2. The van der Waals surface area contributed by atoms with Gasteiger partial charge in [0.1, 0.15) is 0 Å². The highest BCUT2D eigenvalue weighted by Crippen LogP contribution is 2.53. The average molecular weight is 596 g/mol.